The Labute approximate surface area is 215 Å². The molecule has 0 saturated carbocycles. The molecule has 2 aliphatic carbocycles. The smallest absolute Gasteiger partial charge is 0.307 e. The van der Waals surface area contributed by atoms with E-state index in [0.29, 0.717) is 0 Å². The largest absolute Gasteiger partial charge is 2.00 e. The molecule has 0 aromatic rings. The van der Waals surface area contributed by atoms with Gasteiger partial charge >= 0.3 is 21.1 Å². The van der Waals surface area contributed by atoms with Crippen molar-refractivity contribution in [3.63, 3.8) is 0 Å². The van der Waals surface area contributed by atoms with E-state index in [0.717, 1.165) is 0 Å². The monoisotopic (exact) mass is 548 g/mol. The Hall–Kier alpha value is -2.33. The number of allylic oxidation sites excluding steroid dienone is 8. The predicted octanol–water partition coefficient (Wildman–Crippen LogP) is 5.11. The van der Waals surface area contributed by atoms with Crippen molar-refractivity contribution in [3.8, 4) is 0 Å². The molecule has 0 aliphatic heterocycles. The molecule has 0 fully saturated rings. The third-order valence-electron chi connectivity index (χ3n) is 5.12. The minimum atomic E-state index is 0. The number of carbonyl (C=O) groups is 6. The molecule has 33 heavy (non-hydrogen) atoms. The van der Waals surface area contributed by atoms with Crippen molar-refractivity contribution in [2.45, 2.75) is 69.2 Å². The first-order chi connectivity index (χ1) is 14.9. The molecule has 0 bridgehead atoms. The van der Waals surface area contributed by atoms with Crippen molar-refractivity contribution in [2.24, 2.45) is 10.8 Å². The molecular formula is C26H42MoO6. The Kier molecular flexibility index (Phi) is 40.5. The van der Waals surface area contributed by atoms with Crippen molar-refractivity contribution >= 4 is 40.7 Å². The van der Waals surface area contributed by atoms with Gasteiger partial charge in [-0.15, -0.1) is 13.8 Å². The van der Waals surface area contributed by atoms with E-state index in [-0.39, 0.29) is 31.9 Å². The maximum Gasteiger partial charge on any atom is 2.00 e. The number of rotatable bonds is 0. The van der Waals surface area contributed by atoms with Crippen LogP contribution in [0.15, 0.2) is 33.4 Å². The van der Waals surface area contributed by atoms with E-state index in [1.165, 1.54) is 33.4 Å². The predicted molar refractivity (Wildman–Crippen MR) is 132 cm³/mol. The summed E-state index contributed by atoms with van der Waals surface area (Å²) in [4.78, 5) is 48.0. The third-order valence-corrected chi connectivity index (χ3v) is 5.12. The Balaban J connectivity index is -0.0000000553. The van der Waals surface area contributed by atoms with E-state index >= 15 is 0 Å². The fourth-order valence-corrected chi connectivity index (χ4v) is 2.81. The van der Waals surface area contributed by atoms with Crippen LogP contribution in [0.4, 0.5) is 0 Å². The molecule has 0 heterocycles. The van der Waals surface area contributed by atoms with Crippen LogP contribution >= 0.6 is 0 Å². The van der Waals surface area contributed by atoms with Gasteiger partial charge in [-0.1, -0.05) is 66.2 Å². The molecule has 0 radical (unpaired) electrons. The topological polar surface area (TPSA) is 102 Å². The van der Waals surface area contributed by atoms with E-state index in [1.54, 1.807) is 0 Å². The second-order valence-corrected chi connectivity index (χ2v) is 7.25. The summed E-state index contributed by atoms with van der Waals surface area (Å²) in [7, 11) is 0. The third kappa shape index (κ3) is 17.9. The summed E-state index contributed by atoms with van der Waals surface area (Å²) in [6.45, 7) is 33.8. The van der Waals surface area contributed by atoms with Gasteiger partial charge in [0.1, 0.15) is 40.7 Å². The van der Waals surface area contributed by atoms with Crippen LogP contribution in [0, 0.1) is 23.0 Å². The molecule has 0 atom stereocenters. The van der Waals surface area contributed by atoms with Gasteiger partial charge in [-0.05, 0) is 0 Å². The van der Waals surface area contributed by atoms with Crippen LogP contribution in [0.3, 0.4) is 0 Å². The molecule has 188 valence electrons. The van der Waals surface area contributed by atoms with Crippen molar-refractivity contribution in [1.29, 1.82) is 0 Å². The summed E-state index contributed by atoms with van der Waals surface area (Å²) < 4.78 is 0. The molecule has 0 amide bonds. The first-order valence-corrected chi connectivity index (χ1v) is 9.23. The molecule has 2 aliphatic rings. The van der Waals surface area contributed by atoms with Gasteiger partial charge in [-0.25, -0.2) is 11.1 Å². The van der Waals surface area contributed by atoms with Gasteiger partial charge in [0.25, 0.3) is 0 Å². The summed E-state index contributed by atoms with van der Waals surface area (Å²) >= 11 is 0. The molecule has 6 nitrogen and oxygen atoms in total. The zero-order valence-corrected chi connectivity index (χ0v) is 24.1. The number of carbonyl (C=O) groups excluding carboxylic acids is 6. The summed E-state index contributed by atoms with van der Waals surface area (Å²) in [5.41, 5.74) is 8.79. The zero-order valence-electron chi connectivity index (χ0n) is 22.1. The Morgan fingerprint density at radius 1 is 0.455 bits per heavy atom. The van der Waals surface area contributed by atoms with E-state index in [2.05, 4.69) is 81.4 Å². The average Bonchev–Trinajstić information content (AvgIpc) is 3.12. The van der Waals surface area contributed by atoms with Gasteiger partial charge in [0, 0.05) is 0 Å². The SMILES string of the molecule is C=O.C=O.C=O.C=O.C=O.C=O.CC1=[C-]C(C)(C)C(C)=C1C.CC1=[C-]C(C)(C)C(C)=C1C.[Mo+2]. The van der Waals surface area contributed by atoms with Gasteiger partial charge in [-0.3, -0.25) is 12.2 Å². The summed E-state index contributed by atoms with van der Waals surface area (Å²) in [5, 5.41) is 0. The van der Waals surface area contributed by atoms with E-state index < -0.39 is 0 Å². The quantitative estimate of drug-likeness (QED) is 0.309. The van der Waals surface area contributed by atoms with E-state index in [4.69, 9.17) is 28.8 Å². The molecule has 0 aromatic carbocycles. The normalized spacial score (nSPS) is 15.0. The minimum absolute atomic E-state index is 0. The van der Waals surface area contributed by atoms with Crippen LogP contribution in [0.5, 0.6) is 0 Å². The van der Waals surface area contributed by atoms with Crippen LogP contribution in [0.2, 0.25) is 0 Å². The van der Waals surface area contributed by atoms with Crippen LogP contribution in [0.1, 0.15) is 69.2 Å². The Bertz CT molecular complexity index is 578. The minimum Gasteiger partial charge on any atom is -0.307 e. The van der Waals surface area contributed by atoms with E-state index in [9.17, 15) is 0 Å². The fourth-order valence-electron chi connectivity index (χ4n) is 2.81. The van der Waals surface area contributed by atoms with Crippen molar-refractivity contribution < 1.29 is 49.8 Å². The van der Waals surface area contributed by atoms with Gasteiger partial charge in [0.15, 0.2) is 0 Å². The molecule has 0 N–H and O–H groups in total. The van der Waals surface area contributed by atoms with Crippen molar-refractivity contribution in [2.75, 3.05) is 0 Å². The van der Waals surface area contributed by atoms with Gasteiger partial charge in [0.2, 0.25) is 0 Å². The molecule has 0 saturated heterocycles. The van der Waals surface area contributed by atoms with Crippen LogP contribution < -0.4 is 0 Å². The first-order valence-electron chi connectivity index (χ1n) is 9.23. The summed E-state index contributed by atoms with van der Waals surface area (Å²) in [6.07, 6.45) is 6.87. The van der Waals surface area contributed by atoms with Crippen LogP contribution in [-0.2, 0) is 49.8 Å². The molecule has 2 rings (SSSR count). The van der Waals surface area contributed by atoms with Gasteiger partial charge in [-0.2, -0.15) is 22.3 Å². The molecule has 0 aromatic heterocycles. The Morgan fingerprint density at radius 3 is 0.636 bits per heavy atom. The molecule has 0 unspecified atom stereocenters. The average molecular weight is 547 g/mol. The van der Waals surface area contributed by atoms with Crippen molar-refractivity contribution in [3.05, 3.63) is 45.6 Å². The van der Waals surface area contributed by atoms with Gasteiger partial charge < -0.3 is 28.8 Å². The summed E-state index contributed by atoms with van der Waals surface area (Å²) in [5.74, 6) is 0. The second-order valence-electron chi connectivity index (χ2n) is 7.25. The number of hydrogen-bond acceptors (Lipinski definition) is 6. The molecular weight excluding hydrogens is 504 g/mol. The number of hydrogen-bond donors (Lipinski definition) is 0. The molecule has 7 heteroatoms. The zero-order chi connectivity index (χ0) is 27.9. The standard InChI is InChI=1S/2C10H15.6CH2O.Mo/c2*1-7-6-10(4,5)9(3)8(7)2;6*1-2;/h2*1-5H3;6*1H2;/q2*-1;;;;;;;+2. The Morgan fingerprint density at radius 2 is 0.606 bits per heavy atom. The van der Waals surface area contributed by atoms with Crippen molar-refractivity contribution in [1.82, 2.24) is 0 Å². The van der Waals surface area contributed by atoms with Gasteiger partial charge in [0.05, 0.1) is 0 Å². The van der Waals surface area contributed by atoms with Crippen LogP contribution in [-0.4, -0.2) is 40.7 Å². The first kappa shape index (κ1) is 48.2. The van der Waals surface area contributed by atoms with E-state index in [1.807, 2.05) is 40.7 Å². The molecule has 0 spiro atoms. The fraction of sp³-hybridized carbons (Fsp3) is 0.462. The maximum absolute atomic E-state index is 8.00. The summed E-state index contributed by atoms with van der Waals surface area (Å²) in [6, 6.07) is 0. The van der Waals surface area contributed by atoms with Crippen LogP contribution in [0.25, 0.3) is 0 Å². The second kappa shape index (κ2) is 27.7. The maximum atomic E-state index is 8.00.